The van der Waals surface area contributed by atoms with Crippen LogP contribution in [-0.2, 0) is 16.2 Å². The van der Waals surface area contributed by atoms with E-state index >= 15 is 0 Å². The number of nitrogens with one attached hydrogen (secondary N) is 1. The molecule has 0 aliphatic heterocycles. The van der Waals surface area contributed by atoms with Crippen molar-refractivity contribution >= 4 is 11.7 Å². The van der Waals surface area contributed by atoms with Gasteiger partial charge in [0.15, 0.2) is 0 Å². The number of hydroxylamine groups is 1. The fourth-order valence-corrected chi connectivity index (χ4v) is 0.868. The Balaban J connectivity index is 2.50. The molecule has 0 fully saturated rings. The van der Waals surface area contributed by atoms with Gasteiger partial charge in [0.1, 0.15) is 6.54 Å². The first-order chi connectivity index (χ1) is 7.13. The van der Waals surface area contributed by atoms with Crippen molar-refractivity contribution in [3.8, 4) is 0 Å². The summed E-state index contributed by atoms with van der Waals surface area (Å²) in [4.78, 5) is 25.4. The SMILES string of the molecule is CCONC(=O)Cn1ccc([N+](=O)[O-])n1. The van der Waals surface area contributed by atoms with Crippen molar-refractivity contribution < 1.29 is 14.6 Å². The van der Waals surface area contributed by atoms with Gasteiger partial charge < -0.3 is 10.1 Å². The van der Waals surface area contributed by atoms with E-state index in [0.717, 1.165) is 4.68 Å². The average Bonchev–Trinajstić information content (AvgIpc) is 2.63. The number of hydrogen-bond donors (Lipinski definition) is 1. The quantitative estimate of drug-likeness (QED) is 0.543. The molecule has 0 unspecified atom stereocenters. The van der Waals surface area contributed by atoms with E-state index in [9.17, 15) is 14.9 Å². The van der Waals surface area contributed by atoms with Crippen molar-refractivity contribution in [3.05, 3.63) is 22.4 Å². The third kappa shape index (κ3) is 3.35. The molecule has 0 aromatic carbocycles. The van der Waals surface area contributed by atoms with Gasteiger partial charge in [-0.2, -0.15) is 4.68 Å². The second-order valence-electron chi connectivity index (χ2n) is 2.59. The fourth-order valence-electron chi connectivity index (χ4n) is 0.868. The first kappa shape index (κ1) is 11.1. The average molecular weight is 214 g/mol. The van der Waals surface area contributed by atoms with Crippen molar-refractivity contribution in [2.75, 3.05) is 6.61 Å². The van der Waals surface area contributed by atoms with Crippen molar-refractivity contribution in [2.24, 2.45) is 0 Å². The summed E-state index contributed by atoms with van der Waals surface area (Å²) >= 11 is 0. The van der Waals surface area contributed by atoms with Gasteiger partial charge in [-0.05, 0) is 11.8 Å². The highest BCUT2D eigenvalue weighted by atomic mass is 16.6. The van der Waals surface area contributed by atoms with Crippen LogP contribution in [0.25, 0.3) is 0 Å². The van der Waals surface area contributed by atoms with E-state index in [-0.39, 0.29) is 12.4 Å². The number of hydrogen-bond acceptors (Lipinski definition) is 5. The third-order valence-electron chi connectivity index (χ3n) is 1.45. The molecule has 8 nitrogen and oxygen atoms in total. The van der Waals surface area contributed by atoms with E-state index in [1.165, 1.54) is 12.3 Å². The molecular formula is C7H10N4O4. The number of nitrogens with zero attached hydrogens (tertiary/aromatic N) is 3. The molecule has 1 aromatic heterocycles. The van der Waals surface area contributed by atoms with Gasteiger partial charge in [0, 0.05) is 0 Å². The third-order valence-corrected chi connectivity index (χ3v) is 1.45. The molecule has 0 aliphatic rings. The maximum Gasteiger partial charge on any atom is 0.389 e. The van der Waals surface area contributed by atoms with Crippen LogP contribution in [0.5, 0.6) is 0 Å². The summed E-state index contributed by atoms with van der Waals surface area (Å²) < 4.78 is 1.16. The Hall–Kier alpha value is -1.96. The molecule has 1 N–H and O–H groups in total. The Kier molecular flexibility index (Phi) is 3.75. The molecule has 0 atom stereocenters. The minimum atomic E-state index is -0.628. The molecule has 1 heterocycles. The van der Waals surface area contributed by atoms with Crippen molar-refractivity contribution in [2.45, 2.75) is 13.5 Å². The van der Waals surface area contributed by atoms with Crippen LogP contribution in [0, 0.1) is 10.1 Å². The highest BCUT2D eigenvalue weighted by molar-refractivity contribution is 5.74. The summed E-state index contributed by atoms with van der Waals surface area (Å²) in [5, 5.41) is 13.8. The molecule has 0 saturated heterocycles. The highest BCUT2D eigenvalue weighted by Gasteiger charge is 2.12. The molecule has 0 spiro atoms. The number of nitro groups is 1. The fraction of sp³-hybridized carbons (Fsp3) is 0.429. The zero-order valence-corrected chi connectivity index (χ0v) is 8.04. The van der Waals surface area contributed by atoms with Crippen LogP contribution in [-0.4, -0.2) is 27.2 Å². The van der Waals surface area contributed by atoms with Crippen LogP contribution in [0.2, 0.25) is 0 Å². The van der Waals surface area contributed by atoms with Crippen LogP contribution in [0.4, 0.5) is 5.82 Å². The Morgan fingerprint density at radius 2 is 2.53 bits per heavy atom. The predicted octanol–water partition coefficient (Wildman–Crippen LogP) is -0.141. The van der Waals surface area contributed by atoms with Crippen LogP contribution in [0.1, 0.15) is 6.92 Å². The summed E-state index contributed by atoms with van der Waals surface area (Å²) in [7, 11) is 0. The van der Waals surface area contributed by atoms with Crippen molar-refractivity contribution in [1.29, 1.82) is 0 Å². The molecule has 82 valence electrons. The van der Waals surface area contributed by atoms with Crippen LogP contribution < -0.4 is 5.48 Å². The first-order valence-electron chi connectivity index (χ1n) is 4.22. The minimum Gasteiger partial charge on any atom is -0.358 e. The number of carbonyl (C=O) groups excluding carboxylic acids is 1. The number of amides is 1. The Morgan fingerprint density at radius 1 is 1.80 bits per heavy atom. The van der Waals surface area contributed by atoms with Crippen LogP contribution in [0.3, 0.4) is 0 Å². The standard InChI is InChI=1S/C7H10N4O4/c1-2-15-9-7(12)5-10-4-3-6(8-10)11(13)14/h3-4H,2,5H2,1H3,(H,9,12). The normalized spacial score (nSPS) is 9.93. The van der Waals surface area contributed by atoms with E-state index in [0.29, 0.717) is 6.61 Å². The summed E-state index contributed by atoms with van der Waals surface area (Å²) in [5.74, 6) is -0.714. The monoisotopic (exact) mass is 214 g/mol. The molecule has 0 radical (unpaired) electrons. The van der Waals surface area contributed by atoms with Gasteiger partial charge in [-0.15, -0.1) is 0 Å². The Morgan fingerprint density at radius 3 is 3.07 bits per heavy atom. The lowest BCUT2D eigenvalue weighted by Gasteiger charge is -2.00. The van der Waals surface area contributed by atoms with E-state index < -0.39 is 10.8 Å². The maximum absolute atomic E-state index is 11.1. The van der Waals surface area contributed by atoms with E-state index in [2.05, 4.69) is 15.4 Å². The summed E-state index contributed by atoms with van der Waals surface area (Å²) in [6.07, 6.45) is 1.35. The van der Waals surface area contributed by atoms with E-state index in [1.807, 2.05) is 0 Å². The predicted molar refractivity (Wildman–Crippen MR) is 48.7 cm³/mol. The second kappa shape index (κ2) is 5.05. The van der Waals surface area contributed by atoms with Gasteiger partial charge in [0.05, 0.1) is 24.0 Å². The Labute approximate surface area is 84.9 Å². The first-order valence-corrected chi connectivity index (χ1v) is 4.22. The van der Waals surface area contributed by atoms with Gasteiger partial charge in [-0.1, -0.05) is 0 Å². The van der Waals surface area contributed by atoms with Crippen LogP contribution >= 0.6 is 0 Å². The van der Waals surface area contributed by atoms with Gasteiger partial charge in [-0.25, -0.2) is 5.48 Å². The zero-order valence-electron chi connectivity index (χ0n) is 8.04. The summed E-state index contributed by atoms with van der Waals surface area (Å²) in [6.45, 7) is 1.96. The van der Waals surface area contributed by atoms with Crippen LogP contribution in [0.15, 0.2) is 12.3 Å². The van der Waals surface area contributed by atoms with Gasteiger partial charge >= 0.3 is 5.82 Å². The number of carbonyl (C=O) groups is 1. The molecular weight excluding hydrogens is 204 g/mol. The second-order valence-corrected chi connectivity index (χ2v) is 2.59. The lowest BCUT2D eigenvalue weighted by atomic mass is 10.6. The number of rotatable bonds is 5. The molecule has 1 rings (SSSR count). The largest absolute Gasteiger partial charge is 0.389 e. The molecule has 0 saturated carbocycles. The summed E-state index contributed by atoms with van der Waals surface area (Å²) in [5.41, 5.74) is 2.15. The lowest BCUT2D eigenvalue weighted by molar-refractivity contribution is -0.389. The summed E-state index contributed by atoms with van der Waals surface area (Å²) in [6, 6.07) is 1.22. The van der Waals surface area contributed by atoms with Crippen molar-refractivity contribution in [1.82, 2.24) is 15.3 Å². The number of aromatic nitrogens is 2. The molecule has 8 heteroatoms. The zero-order chi connectivity index (χ0) is 11.3. The smallest absolute Gasteiger partial charge is 0.358 e. The molecule has 0 aliphatic carbocycles. The molecule has 0 bridgehead atoms. The minimum absolute atomic E-state index is 0.117. The van der Waals surface area contributed by atoms with Crippen molar-refractivity contribution in [3.63, 3.8) is 0 Å². The molecule has 1 aromatic rings. The van der Waals surface area contributed by atoms with E-state index in [1.54, 1.807) is 6.92 Å². The van der Waals surface area contributed by atoms with E-state index in [4.69, 9.17) is 0 Å². The Bertz CT molecular complexity index is 362. The van der Waals surface area contributed by atoms with Gasteiger partial charge in [0.2, 0.25) is 0 Å². The highest BCUT2D eigenvalue weighted by Crippen LogP contribution is 2.04. The lowest BCUT2D eigenvalue weighted by Crippen LogP contribution is -2.27. The van der Waals surface area contributed by atoms with Gasteiger partial charge in [-0.3, -0.25) is 9.63 Å². The molecule has 15 heavy (non-hydrogen) atoms. The van der Waals surface area contributed by atoms with Gasteiger partial charge in [0.25, 0.3) is 5.91 Å². The molecule has 1 amide bonds. The maximum atomic E-state index is 11.1. The topological polar surface area (TPSA) is 99.3 Å².